The second-order valence-corrected chi connectivity index (χ2v) is 4.25. The number of carbonyl (C=O) groups excluding carboxylic acids is 1. The third-order valence-corrected chi connectivity index (χ3v) is 2.96. The second-order valence-electron chi connectivity index (χ2n) is 3.48. The number of fused-ring (bicyclic) bond motifs is 1. The highest BCUT2D eigenvalue weighted by atomic mass is 32.2. The van der Waals surface area contributed by atoms with Gasteiger partial charge in [0, 0.05) is 6.20 Å². The second kappa shape index (κ2) is 4.26. The van der Waals surface area contributed by atoms with Crippen LogP contribution in [0.1, 0.15) is 10.4 Å². The Labute approximate surface area is 107 Å². The molecule has 0 spiro atoms. The normalized spacial score (nSPS) is 12.8. The molecule has 2 aromatic rings. The Balaban J connectivity index is 2.27. The highest BCUT2D eigenvalue weighted by molar-refractivity contribution is 7.98. The Morgan fingerprint density at radius 1 is 1.17 bits per heavy atom. The molecule has 0 fully saturated rings. The van der Waals surface area contributed by atoms with Gasteiger partial charge in [0.25, 0.3) is 0 Å². The van der Waals surface area contributed by atoms with Gasteiger partial charge in [0.2, 0.25) is 0 Å². The average Bonchev–Trinajstić information content (AvgIpc) is 2.80. The Kier molecular flexibility index (Phi) is 2.60. The minimum Gasteiger partial charge on any atom is -0.265 e. The molecule has 0 unspecified atom stereocenters. The summed E-state index contributed by atoms with van der Waals surface area (Å²) in [5.74, 6) is -0.0988. The van der Waals surface area contributed by atoms with Crippen molar-refractivity contribution >= 4 is 23.5 Å². The van der Waals surface area contributed by atoms with Crippen LogP contribution in [0.2, 0.25) is 0 Å². The average molecular weight is 257 g/mol. The zero-order valence-corrected chi connectivity index (χ0v) is 10.2. The van der Waals surface area contributed by atoms with Crippen LogP contribution in [0.4, 0.5) is 5.82 Å². The first-order chi connectivity index (χ1) is 8.79. The number of hydrogen-bond acceptors (Lipinski definition) is 6. The van der Waals surface area contributed by atoms with Crippen molar-refractivity contribution in [1.29, 1.82) is 0 Å². The van der Waals surface area contributed by atoms with Gasteiger partial charge in [-0.3, -0.25) is 9.78 Å². The minimum atomic E-state index is -0.418. The fraction of sp³-hybridized carbons (Fsp3) is 0.0909. The maximum Gasteiger partial charge on any atom is 0.301 e. The number of rotatable bonds is 2. The zero-order chi connectivity index (χ0) is 12.5. The van der Waals surface area contributed by atoms with Crippen molar-refractivity contribution in [3.63, 3.8) is 0 Å². The quantitative estimate of drug-likeness (QED) is 0.610. The topological polar surface area (TPSA) is 80.5 Å². The lowest BCUT2D eigenvalue weighted by Gasteiger charge is -2.05. The molecule has 0 aromatic carbocycles. The number of hydrogen-bond donors (Lipinski definition) is 0. The summed E-state index contributed by atoms with van der Waals surface area (Å²) in [5.41, 5.74) is 1.43. The molecule has 6 nitrogen and oxygen atoms in total. The first-order valence-electron chi connectivity index (χ1n) is 5.13. The Bertz CT molecular complexity index is 656. The van der Waals surface area contributed by atoms with Crippen LogP contribution in [-0.2, 0) is 0 Å². The van der Waals surface area contributed by atoms with E-state index in [9.17, 15) is 4.79 Å². The summed E-state index contributed by atoms with van der Waals surface area (Å²) in [6.45, 7) is 0. The molecule has 0 radical (unpaired) electrons. The summed E-state index contributed by atoms with van der Waals surface area (Å²) in [4.78, 5) is 24.4. The molecular weight excluding hydrogens is 250 g/mol. The Hall–Kier alpha value is -2.15. The summed E-state index contributed by atoms with van der Waals surface area (Å²) >= 11 is 1.38. The van der Waals surface area contributed by atoms with E-state index in [4.69, 9.17) is 0 Å². The van der Waals surface area contributed by atoms with Crippen LogP contribution >= 0.6 is 11.8 Å². The van der Waals surface area contributed by atoms with Gasteiger partial charge in [-0.1, -0.05) is 17.8 Å². The number of azo groups is 1. The summed E-state index contributed by atoms with van der Waals surface area (Å²) in [7, 11) is 0. The molecule has 3 rings (SSSR count). The third-order valence-electron chi connectivity index (χ3n) is 2.41. The van der Waals surface area contributed by atoms with Crippen LogP contribution in [0.3, 0.4) is 0 Å². The van der Waals surface area contributed by atoms with Crippen molar-refractivity contribution < 1.29 is 4.79 Å². The number of aromatic nitrogens is 3. The van der Waals surface area contributed by atoms with Gasteiger partial charge < -0.3 is 0 Å². The molecular formula is C11H7N5OS. The van der Waals surface area contributed by atoms with Crippen LogP contribution in [0.15, 0.2) is 39.8 Å². The molecule has 0 saturated heterocycles. The molecule has 3 heterocycles. The third kappa shape index (κ3) is 1.68. The maximum atomic E-state index is 11.7. The van der Waals surface area contributed by atoms with E-state index in [1.165, 1.54) is 11.8 Å². The van der Waals surface area contributed by atoms with Crippen molar-refractivity contribution in [1.82, 2.24) is 15.0 Å². The van der Waals surface area contributed by atoms with Gasteiger partial charge in [0.05, 0.1) is 5.69 Å². The minimum absolute atomic E-state index is 0.319. The Morgan fingerprint density at radius 2 is 2.06 bits per heavy atom. The molecule has 0 bridgehead atoms. The smallest absolute Gasteiger partial charge is 0.265 e. The fourth-order valence-corrected chi connectivity index (χ4v) is 1.98. The lowest BCUT2D eigenvalue weighted by molar-refractivity contribution is 0.100. The van der Waals surface area contributed by atoms with E-state index in [1.807, 2.05) is 12.3 Å². The van der Waals surface area contributed by atoms with E-state index in [-0.39, 0.29) is 0 Å². The first-order valence-corrected chi connectivity index (χ1v) is 6.35. The zero-order valence-electron chi connectivity index (χ0n) is 9.36. The van der Waals surface area contributed by atoms with E-state index in [0.29, 0.717) is 27.9 Å². The molecule has 1 aliphatic rings. The van der Waals surface area contributed by atoms with Crippen LogP contribution in [0.25, 0.3) is 11.4 Å². The highest BCUT2D eigenvalue weighted by Crippen LogP contribution is 2.33. The maximum absolute atomic E-state index is 11.7. The summed E-state index contributed by atoms with van der Waals surface area (Å²) in [6, 6.07) is 5.43. The molecule has 0 saturated carbocycles. The van der Waals surface area contributed by atoms with Crippen LogP contribution in [0, 0.1) is 0 Å². The molecule has 1 aliphatic heterocycles. The van der Waals surface area contributed by atoms with Gasteiger partial charge in [-0.15, -0.1) is 10.2 Å². The van der Waals surface area contributed by atoms with Gasteiger partial charge >= 0.3 is 5.91 Å². The van der Waals surface area contributed by atoms with Crippen molar-refractivity contribution in [2.75, 3.05) is 6.26 Å². The molecule has 0 atom stereocenters. The van der Waals surface area contributed by atoms with Crippen molar-refractivity contribution in [3.05, 3.63) is 30.0 Å². The van der Waals surface area contributed by atoms with E-state index in [1.54, 1.807) is 18.3 Å². The molecule has 7 heteroatoms. The molecule has 1 amide bonds. The standard InChI is InChI=1S/C11H7N5OS/c1-18-11-13-8(6-4-2-3-5-12-6)7-9(14-11)15-16-10(7)17/h2-5H,1H3. The first kappa shape index (κ1) is 11.0. The van der Waals surface area contributed by atoms with Gasteiger partial charge in [0.1, 0.15) is 11.3 Å². The molecule has 2 aromatic heterocycles. The van der Waals surface area contributed by atoms with Crippen LogP contribution in [-0.4, -0.2) is 27.1 Å². The van der Waals surface area contributed by atoms with Gasteiger partial charge in [-0.25, -0.2) is 9.97 Å². The van der Waals surface area contributed by atoms with E-state index in [0.717, 1.165) is 0 Å². The molecule has 0 N–H and O–H groups in total. The fourth-order valence-electron chi connectivity index (χ4n) is 1.62. The molecule has 88 valence electrons. The van der Waals surface area contributed by atoms with Gasteiger partial charge in [-0.2, -0.15) is 0 Å². The van der Waals surface area contributed by atoms with Crippen molar-refractivity contribution in [3.8, 4) is 11.4 Å². The Morgan fingerprint density at radius 3 is 2.78 bits per heavy atom. The lowest BCUT2D eigenvalue weighted by atomic mass is 10.1. The monoisotopic (exact) mass is 257 g/mol. The number of amides is 1. The SMILES string of the molecule is CSc1nc2c(c(-c3ccccn3)n1)C(=O)N=N2. The van der Waals surface area contributed by atoms with E-state index >= 15 is 0 Å². The molecule has 0 aliphatic carbocycles. The van der Waals surface area contributed by atoms with E-state index < -0.39 is 5.91 Å². The number of thioether (sulfide) groups is 1. The van der Waals surface area contributed by atoms with Crippen molar-refractivity contribution in [2.24, 2.45) is 10.2 Å². The lowest BCUT2D eigenvalue weighted by Crippen LogP contribution is -2.01. The largest absolute Gasteiger partial charge is 0.301 e. The van der Waals surface area contributed by atoms with Gasteiger partial charge in [-0.05, 0) is 18.4 Å². The summed E-state index contributed by atoms with van der Waals surface area (Å²) < 4.78 is 0. The summed E-state index contributed by atoms with van der Waals surface area (Å²) in [6.07, 6.45) is 3.51. The van der Waals surface area contributed by atoms with Crippen LogP contribution < -0.4 is 0 Å². The predicted molar refractivity (Wildman–Crippen MR) is 65.9 cm³/mol. The number of nitrogens with zero attached hydrogens (tertiary/aromatic N) is 5. The number of carbonyl (C=O) groups is 1. The van der Waals surface area contributed by atoms with Crippen LogP contribution in [0.5, 0.6) is 0 Å². The van der Waals surface area contributed by atoms with Gasteiger partial charge in [0.15, 0.2) is 11.0 Å². The predicted octanol–water partition coefficient (Wildman–Crippen LogP) is 2.50. The molecule has 18 heavy (non-hydrogen) atoms. The highest BCUT2D eigenvalue weighted by Gasteiger charge is 2.26. The van der Waals surface area contributed by atoms with Crippen molar-refractivity contribution in [2.45, 2.75) is 5.16 Å². The number of pyridine rings is 1. The summed E-state index contributed by atoms with van der Waals surface area (Å²) in [5, 5.41) is 7.82. The van der Waals surface area contributed by atoms with E-state index in [2.05, 4.69) is 25.2 Å².